The van der Waals surface area contributed by atoms with E-state index in [0.717, 1.165) is 30.0 Å². The highest BCUT2D eigenvalue weighted by Crippen LogP contribution is 2.24. The Hall–Kier alpha value is -1.48. The van der Waals surface area contributed by atoms with Gasteiger partial charge in [0.25, 0.3) is 0 Å². The molecule has 74 valence electrons. The maximum Gasteiger partial charge on any atom is 0.125 e. The highest BCUT2D eigenvalue weighted by Gasteiger charge is 2.08. The minimum absolute atomic E-state index is 0.754. The molecule has 3 nitrogen and oxygen atoms in total. The Labute approximate surface area is 82.7 Å². The predicted molar refractivity (Wildman–Crippen MR) is 53.8 cm³/mol. The third-order valence-corrected chi connectivity index (χ3v) is 2.11. The Morgan fingerprint density at radius 1 is 1.29 bits per heavy atom. The van der Waals surface area contributed by atoms with Gasteiger partial charge < -0.3 is 14.2 Å². The number of hydrogen-bond acceptors (Lipinski definition) is 3. The third kappa shape index (κ3) is 1.72. The Bertz CT molecular complexity index is 376. The van der Waals surface area contributed by atoms with E-state index in [2.05, 4.69) is 12.2 Å². The molecule has 0 aliphatic heterocycles. The van der Waals surface area contributed by atoms with Crippen molar-refractivity contribution < 1.29 is 8.83 Å². The van der Waals surface area contributed by atoms with E-state index in [4.69, 9.17) is 8.83 Å². The van der Waals surface area contributed by atoms with Gasteiger partial charge in [0, 0.05) is 11.1 Å². The third-order valence-electron chi connectivity index (χ3n) is 2.11. The van der Waals surface area contributed by atoms with Crippen molar-refractivity contribution >= 4 is 0 Å². The van der Waals surface area contributed by atoms with Gasteiger partial charge in [0.2, 0.25) is 0 Å². The Morgan fingerprint density at radius 2 is 2.21 bits per heavy atom. The second kappa shape index (κ2) is 4.15. The SMILES string of the molecule is CCNCc1occc1-c1ccoc1. The van der Waals surface area contributed by atoms with Gasteiger partial charge >= 0.3 is 0 Å². The topological polar surface area (TPSA) is 38.3 Å². The van der Waals surface area contributed by atoms with E-state index in [9.17, 15) is 0 Å². The first-order valence-electron chi connectivity index (χ1n) is 4.71. The molecule has 3 heteroatoms. The summed E-state index contributed by atoms with van der Waals surface area (Å²) in [7, 11) is 0. The van der Waals surface area contributed by atoms with Crippen LogP contribution in [0.3, 0.4) is 0 Å². The van der Waals surface area contributed by atoms with Crippen LogP contribution in [-0.2, 0) is 6.54 Å². The molecule has 2 aromatic rings. The molecule has 0 unspecified atom stereocenters. The maximum atomic E-state index is 5.39. The summed E-state index contributed by atoms with van der Waals surface area (Å²) < 4.78 is 10.4. The van der Waals surface area contributed by atoms with E-state index < -0.39 is 0 Å². The van der Waals surface area contributed by atoms with Gasteiger partial charge in [-0.3, -0.25) is 0 Å². The monoisotopic (exact) mass is 191 g/mol. The first-order chi connectivity index (χ1) is 6.92. The van der Waals surface area contributed by atoms with Crippen LogP contribution in [0.2, 0.25) is 0 Å². The fourth-order valence-corrected chi connectivity index (χ4v) is 1.39. The van der Waals surface area contributed by atoms with Crippen molar-refractivity contribution in [2.24, 2.45) is 0 Å². The van der Waals surface area contributed by atoms with Crippen LogP contribution in [0, 0.1) is 0 Å². The lowest BCUT2D eigenvalue weighted by molar-refractivity contribution is 0.489. The van der Waals surface area contributed by atoms with Gasteiger partial charge in [-0.2, -0.15) is 0 Å². The average Bonchev–Trinajstić information content (AvgIpc) is 2.84. The molecule has 0 saturated carbocycles. The average molecular weight is 191 g/mol. The van der Waals surface area contributed by atoms with Gasteiger partial charge in [0.15, 0.2) is 0 Å². The molecular weight excluding hydrogens is 178 g/mol. The summed E-state index contributed by atoms with van der Waals surface area (Å²) in [5.74, 6) is 0.952. The molecule has 0 aliphatic rings. The minimum Gasteiger partial charge on any atom is -0.472 e. The molecule has 0 bridgehead atoms. The second-order valence-electron chi connectivity index (χ2n) is 3.05. The van der Waals surface area contributed by atoms with Crippen LogP contribution in [0.1, 0.15) is 12.7 Å². The van der Waals surface area contributed by atoms with Crippen LogP contribution >= 0.6 is 0 Å². The van der Waals surface area contributed by atoms with E-state index in [0.29, 0.717) is 0 Å². The molecule has 0 amide bonds. The zero-order valence-electron chi connectivity index (χ0n) is 8.12. The van der Waals surface area contributed by atoms with Crippen molar-refractivity contribution in [2.45, 2.75) is 13.5 Å². The van der Waals surface area contributed by atoms with Gasteiger partial charge in [-0.1, -0.05) is 6.92 Å². The second-order valence-corrected chi connectivity index (χ2v) is 3.05. The molecule has 0 spiro atoms. The zero-order chi connectivity index (χ0) is 9.80. The molecular formula is C11H13NO2. The van der Waals surface area contributed by atoms with Crippen LogP contribution in [0.15, 0.2) is 39.8 Å². The van der Waals surface area contributed by atoms with Crippen molar-refractivity contribution in [2.75, 3.05) is 6.54 Å². The minimum atomic E-state index is 0.754. The van der Waals surface area contributed by atoms with Crippen LogP contribution in [0.25, 0.3) is 11.1 Å². The normalized spacial score (nSPS) is 10.6. The van der Waals surface area contributed by atoms with Crippen molar-refractivity contribution in [3.63, 3.8) is 0 Å². The molecule has 2 heterocycles. The largest absolute Gasteiger partial charge is 0.472 e. The standard InChI is InChI=1S/C11H13NO2/c1-2-12-7-11-10(4-6-14-11)9-3-5-13-8-9/h3-6,8,12H,2,7H2,1H3. The van der Waals surface area contributed by atoms with Crippen LogP contribution in [0.5, 0.6) is 0 Å². The molecule has 0 fully saturated rings. The summed E-state index contributed by atoms with van der Waals surface area (Å²) >= 11 is 0. The van der Waals surface area contributed by atoms with Crippen molar-refractivity contribution in [1.82, 2.24) is 5.32 Å². The molecule has 0 saturated heterocycles. The highest BCUT2D eigenvalue weighted by molar-refractivity contribution is 5.63. The summed E-state index contributed by atoms with van der Waals surface area (Å²) in [5.41, 5.74) is 2.16. The number of rotatable bonds is 4. The Balaban J connectivity index is 2.22. The van der Waals surface area contributed by atoms with E-state index in [1.165, 1.54) is 0 Å². The van der Waals surface area contributed by atoms with Gasteiger partial charge in [0.1, 0.15) is 5.76 Å². The molecule has 0 aromatic carbocycles. The molecule has 1 N–H and O–H groups in total. The zero-order valence-corrected chi connectivity index (χ0v) is 8.12. The van der Waals surface area contributed by atoms with Crippen LogP contribution in [-0.4, -0.2) is 6.54 Å². The number of hydrogen-bond donors (Lipinski definition) is 1. The lowest BCUT2D eigenvalue weighted by Crippen LogP contribution is -2.11. The quantitative estimate of drug-likeness (QED) is 0.807. The summed E-state index contributed by atoms with van der Waals surface area (Å²) in [5, 5.41) is 3.23. The fourth-order valence-electron chi connectivity index (χ4n) is 1.39. The predicted octanol–water partition coefficient (Wildman–Crippen LogP) is 2.65. The van der Waals surface area contributed by atoms with Gasteiger partial charge in [-0.15, -0.1) is 0 Å². The Morgan fingerprint density at radius 3 is 2.93 bits per heavy atom. The summed E-state index contributed by atoms with van der Waals surface area (Å²) in [4.78, 5) is 0. The Kier molecular flexibility index (Phi) is 2.70. The molecule has 0 aliphatic carbocycles. The fraction of sp³-hybridized carbons (Fsp3) is 0.273. The molecule has 0 atom stereocenters. The van der Waals surface area contributed by atoms with E-state index >= 15 is 0 Å². The smallest absolute Gasteiger partial charge is 0.125 e. The summed E-state index contributed by atoms with van der Waals surface area (Å²) in [6.45, 7) is 3.76. The first-order valence-corrected chi connectivity index (χ1v) is 4.71. The highest BCUT2D eigenvalue weighted by atomic mass is 16.3. The van der Waals surface area contributed by atoms with Crippen LogP contribution in [0.4, 0.5) is 0 Å². The van der Waals surface area contributed by atoms with Crippen molar-refractivity contribution in [3.8, 4) is 11.1 Å². The first kappa shape index (κ1) is 9.09. The number of nitrogens with one attached hydrogen (secondary N) is 1. The van der Waals surface area contributed by atoms with Crippen molar-refractivity contribution in [1.29, 1.82) is 0 Å². The van der Waals surface area contributed by atoms with Gasteiger partial charge in [-0.25, -0.2) is 0 Å². The number of furan rings is 2. The lowest BCUT2D eigenvalue weighted by atomic mass is 10.1. The van der Waals surface area contributed by atoms with E-state index in [1.807, 2.05) is 12.1 Å². The summed E-state index contributed by atoms with van der Waals surface area (Å²) in [6.07, 6.45) is 5.09. The van der Waals surface area contributed by atoms with Crippen LogP contribution < -0.4 is 5.32 Å². The van der Waals surface area contributed by atoms with Gasteiger partial charge in [-0.05, 0) is 18.7 Å². The maximum absolute atomic E-state index is 5.39. The molecule has 14 heavy (non-hydrogen) atoms. The van der Waals surface area contributed by atoms with E-state index in [1.54, 1.807) is 18.8 Å². The van der Waals surface area contributed by atoms with Gasteiger partial charge in [0.05, 0.1) is 25.3 Å². The van der Waals surface area contributed by atoms with E-state index in [-0.39, 0.29) is 0 Å². The molecule has 0 radical (unpaired) electrons. The molecule has 2 aromatic heterocycles. The van der Waals surface area contributed by atoms with Crippen molar-refractivity contribution in [3.05, 3.63) is 36.7 Å². The molecule has 2 rings (SSSR count). The summed E-state index contributed by atoms with van der Waals surface area (Å²) in [6, 6.07) is 3.89. The lowest BCUT2D eigenvalue weighted by Gasteiger charge is -2.00.